The Kier molecular flexibility index (Phi) is 2.93. The summed E-state index contributed by atoms with van der Waals surface area (Å²) in [6.45, 7) is 1.58. The number of hydrogen-bond acceptors (Lipinski definition) is 3. The van der Waals surface area contributed by atoms with E-state index < -0.39 is 17.5 Å². The summed E-state index contributed by atoms with van der Waals surface area (Å²) in [5, 5.41) is 8.88. The van der Waals surface area contributed by atoms with E-state index in [2.05, 4.69) is 4.98 Å². The molecule has 0 saturated carbocycles. The molecule has 2 rings (SSSR count). The van der Waals surface area contributed by atoms with Crippen molar-refractivity contribution in [3.63, 3.8) is 0 Å². The van der Waals surface area contributed by atoms with Gasteiger partial charge >= 0.3 is 6.09 Å². The minimum Gasteiger partial charge on any atom is -0.464 e. The van der Waals surface area contributed by atoms with Gasteiger partial charge in [-0.15, -0.1) is 0 Å². The van der Waals surface area contributed by atoms with Gasteiger partial charge in [0, 0.05) is 11.8 Å². The molecule has 0 bridgehead atoms. The van der Waals surface area contributed by atoms with Crippen LogP contribution in [-0.2, 0) is 0 Å². The van der Waals surface area contributed by atoms with Crippen LogP contribution in [0.3, 0.4) is 0 Å². The number of aromatic nitrogens is 2. The summed E-state index contributed by atoms with van der Waals surface area (Å²) in [5.41, 5.74) is -0.00599. The van der Waals surface area contributed by atoms with Crippen molar-refractivity contribution in [2.45, 2.75) is 6.92 Å². The van der Waals surface area contributed by atoms with Gasteiger partial charge in [0.2, 0.25) is 0 Å². The third kappa shape index (κ3) is 2.13. The average Bonchev–Trinajstić information content (AvgIpc) is 2.32. The van der Waals surface area contributed by atoms with E-state index >= 15 is 0 Å². The number of carboxylic acid groups (broad SMARTS) is 1. The second-order valence-electron chi connectivity index (χ2n) is 3.70. The number of halogens is 1. The molecule has 1 heterocycles. The summed E-state index contributed by atoms with van der Waals surface area (Å²) in [4.78, 5) is 26.8. The lowest BCUT2D eigenvalue weighted by atomic mass is 10.1. The number of nitrogens with zero attached hydrogens (tertiary/aromatic N) is 2. The van der Waals surface area contributed by atoms with E-state index in [0.29, 0.717) is 15.8 Å². The molecule has 0 unspecified atom stereocenters. The van der Waals surface area contributed by atoms with Gasteiger partial charge < -0.3 is 5.11 Å². The Morgan fingerprint density at radius 3 is 2.50 bits per heavy atom. The van der Waals surface area contributed by atoms with E-state index in [0.717, 1.165) is 6.20 Å². The Hall–Kier alpha value is -2.50. The first-order chi connectivity index (χ1) is 8.49. The number of hydrogen-bond donors (Lipinski definition) is 1. The topological polar surface area (TPSA) is 72.2 Å². The number of aryl methyl sites for hydroxylation is 1. The standard InChI is InChI=1S/C12H9FN2O3/c1-7-6-15(12(17)18)11(16)10(14-7)8-2-4-9(13)5-3-8/h2-6H,1H3,(H,17,18). The molecule has 0 aliphatic carbocycles. The first-order valence-electron chi connectivity index (χ1n) is 5.08. The van der Waals surface area contributed by atoms with Crippen LogP contribution in [-0.4, -0.2) is 20.8 Å². The molecule has 1 aromatic heterocycles. The second-order valence-corrected chi connectivity index (χ2v) is 3.70. The van der Waals surface area contributed by atoms with Crippen molar-refractivity contribution < 1.29 is 14.3 Å². The lowest BCUT2D eigenvalue weighted by Gasteiger charge is -2.05. The Morgan fingerprint density at radius 2 is 1.94 bits per heavy atom. The zero-order valence-electron chi connectivity index (χ0n) is 9.42. The van der Waals surface area contributed by atoms with Gasteiger partial charge in [-0.2, -0.15) is 0 Å². The summed E-state index contributed by atoms with van der Waals surface area (Å²) in [7, 11) is 0. The van der Waals surface area contributed by atoms with E-state index in [-0.39, 0.29) is 5.69 Å². The van der Waals surface area contributed by atoms with Gasteiger partial charge in [0.15, 0.2) is 0 Å². The van der Waals surface area contributed by atoms with Crippen LogP contribution >= 0.6 is 0 Å². The van der Waals surface area contributed by atoms with Crippen LogP contribution in [0.15, 0.2) is 35.3 Å². The summed E-state index contributed by atoms with van der Waals surface area (Å²) in [5.74, 6) is -0.440. The molecule has 18 heavy (non-hydrogen) atoms. The fourth-order valence-electron chi connectivity index (χ4n) is 1.55. The van der Waals surface area contributed by atoms with Gasteiger partial charge in [0.05, 0.1) is 5.69 Å². The Bertz CT molecular complexity index is 662. The van der Waals surface area contributed by atoms with Gasteiger partial charge in [-0.1, -0.05) is 0 Å². The van der Waals surface area contributed by atoms with Gasteiger partial charge in [0.25, 0.3) is 5.56 Å². The molecular formula is C12H9FN2O3. The second kappa shape index (κ2) is 4.40. The molecule has 0 spiro atoms. The molecule has 5 nitrogen and oxygen atoms in total. The van der Waals surface area contributed by atoms with Gasteiger partial charge in [0.1, 0.15) is 11.5 Å². The molecule has 0 aliphatic rings. The smallest absolute Gasteiger partial charge is 0.418 e. The number of rotatable bonds is 1. The van der Waals surface area contributed by atoms with Gasteiger partial charge in [-0.05, 0) is 31.2 Å². The van der Waals surface area contributed by atoms with Crippen LogP contribution in [0.25, 0.3) is 11.3 Å². The fourth-order valence-corrected chi connectivity index (χ4v) is 1.55. The van der Waals surface area contributed by atoms with Crippen LogP contribution < -0.4 is 5.56 Å². The maximum Gasteiger partial charge on any atom is 0.418 e. The monoisotopic (exact) mass is 248 g/mol. The predicted molar refractivity (Wildman–Crippen MR) is 62.1 cm³/mol. The molecule has 6 heteroatoms. The van der Waals surface area contributed by atoms with Crippen LogP contribution in [0.4, 0.5) is 9.18 Å². The van der Waals surface area contributed by atoms with Crippen LogP contribution in [0.1, 0.15) is 5.69 Å². The van der Waals surface area contributed by atoms with Crippen molar-refractivity contribution in [2.75, 3.05) is 0 Å². The SMILES string of the molecule is Cc1cn(C(=O)O)c(=O)c(-c2ccc(F)cc2)n1. The van der Waals surface area contributed by atoms with Crippen molar-refractivity contribution in [2.24, 2.45) is 0 Å². The minimum absolute atomic E-state index is 0.0163. The van der Waals surface area contributed by atoms with Crippen molar-refractivity contribution in [3.05, 3.63) is 52.3 Å². The normalized spacial score (nSPS) is 10.3. The predicted octanol–water partition coefficient (Wildman–Crippen LogP) is 1.88. The molecule has 92 valence electrons. The molecule has 0 saturated heterocycles. The van der Waals surface area contributed by atoms with Crippen LogP contribution in [0.5, 0.6) is 0 Å². The van der Waals surface area contributed by atoms with E-state index in [4.69, 9.17) is 5.11 Å². The third-order valence-electron chi connectivity index (χ3n) is 2.35. The quantitative estimate of drug-likeness (QED) is 0.836. The molecule has 0 radical (unpaired) electrons. The molecule has 0 aliphatic heterocycles. The molecule has 0 fully saturated rings. The van der Waals surface area contributed by atoms with Crippen molar-refractivity contribution in [1.29, 1.82) is 0 Å². The zero-order valence-corrected chi connectivity index (χ0v) is 9.42. The minimum atomic E-state index is -1.38. The summed E-state index contributed by atoms with van der Waals surface area (Å²) in [6.07, 6.45) is -0.244. The number of benzene rings is 1. The zero-order chi connectivity index (χ0) is 13.3. The fraction of sp³-hybridized carbons (Fsp3) is 0.0833. The number of carbonyl (C=O) groups is 1. The van der Waals surface area contributed by atoms with E-state index in [9.17, 15) is 14.0 Å². The van der Waals surface area contributed by atoms with Crippen molar-refractivity contribution in [1.82, 2.24) is 9.55 Å². The highest BCUT2D eigenvalue weighted by Crippen LogP contribution is 2.14. The first-order valence-corrected chi connectivity index (χ1v) is 5.08. The summed E-state index contributed by atoms with van der Waals surface area (Å²) >= 11 is 0. The van der Waals surface area contributed by atoms with E-state index in [1.807, 2.05) is 0 Å². The van der Waals surface area contributed by atoms with Gasteiger partial charge in [-0.25, -0.2) is 18.7 Å². The first kappa shape index (κ1) is 12.0. The molecule has 1 N–H and O–H groups in total. The highest BCUT2D eigenvalue weighted by molar-refractivity contribution is 5.70. The Balaban J connectivity index is 2.68. The maximum atomic E-state index is 12.8. The Morgan fingerprint density at radius 1 is 1.33 bits per heavy atom. The molecular weight excluding hydrogens is 239 g/mol. The Labute approximate surface area is 101 Å². The largest absolute Gasteiger partial charge is 0.464 e. The molecule has 0 atom stereocenters. The highest BCUT2D eigenvalue weighted by Gasteiger charge is 2.13. The van der Waals surface area contributed by atoms with E-state index in [1.165, 1.54) is 24.3 Å². The van der Waals surface area contributed by atoms with Crippen LogP contribution in [0, 0.1) is 12.7 Å². The summed E-state index contributed by atoms with van der Waals surface area (Å²) in [6, 6.07) is 5.13. The lowest BCUT2D eigenvalue weighted by Crippen LogP contribution is -2.28. The van der Waals surface area contributed by atoms with Crippen molar-refractivity contribution >= 4 is 6.09 Å². The average molecular weight is 248 g/mol. The van der Waals surface area contributed by atoms with Gasteiger partial charge in [-0.3, -0.25) is 4.79 Å². The highest BCUT2D eigenvalue weighted by atomic mass is 19.1. The maximum absolute atomic E-state index is 12.8. The molecule has 2 aromatic rings. The van der Waals surface area contributed by atoms with Crippen molar-refractivity contribution in [3.8, 4) is 11.3 Å². The van der Waals surface area contributed by atoms with Crippen LogP contribution in [0.2, 0.25) is 0 Å². The van der Waals surface area contributed by atoms with E-state index in [1.54, 1.807) is 6.92 Å². The summed E-state index contributed by atoms with van der Waals surface area (Å²) < 4.78 is 13.3. The molecule has 1 aromatic carbocycles. The molecule has 0 amide bonds. The lowest BCUT2D eigenvalue weighted by molar-refractivity contribution is 0.195. The third-order valence-corrected chi connectivity index (χ3v) is 2.35.